The van der Waals surface area contributed by atoms with E-state index >= 15 is 0 Å². The molecule has 2 amide bonds. The summed E-state index contributed by atoms with van der Waals surface area (Å²) in [5.41, 5.74) is 1.15. The van der Waals surface area contributed by atoms with Crippen LogP contribution in [0, 0.1) is 0 Å². The quantitative estimate of drug-likeness (QED) is 0.578. The lowest BCUT2D eigenvalue weighted by molar-refractivity contribution is -0.134. The molecule has 0 radical (unpaired) electrons. The molecular weight excluding hydrogens is 438 g/mol. The number of fused-ring (bicyclic) bond motifs is 1. The van der Waals surface area contributed by atoms with Gasteiger partial charge in [-0.3, -0.25) is 9.48 Å². The summed E-state index contributed by atoms with van der Waals surface area (Å²) in [5, 5.41) is 9.87. The van der Waals surface area contributed by atoms with Gasteiger partial charge in [-0.1, -0.05) is 17.3 Å². The van der Waals surface area contributed by atoms with E-state index in [4.69, 9.17) is 14.4 Å². The smallest absolute Gasteiger partial charge is 0.410 e. The number of hydrogen-bond donors (Lipinski definition) is 0. The van der Waals surface area contributed by atoms with Gasteiger partial charge >= 0.3 is 12.1 Å². The number of benzene rings is 1. The Morgan fingerprint density at radius 1 is 1.09 bits per heavy atom. The standard InChI is InChI=1S/C23H29N7O4/c1-15(31)29-13-18(14-29)30-12-17-6-5-16(11-19(17)25-30)20-24-21(34-26-20)27-7-9-28(10-8-27)22(32)33-23(2,3)4/h5-6,11-12,18H,7-10,13-14H2,1-4H3. The van der Waals surface area contributed by atoms with Crippen LogP contribution < -0.4 is 4.90 Å². The van der Waals surface area contributed by atoms with Crippen molar-refractivity contribution in [3.63, 3.8) is 0 Å². The number of rotatable bonds is 3. The van der Waals surface area contributed by atoms with Gasteiger partial charge in [0.2, 0.25) is 11.7 Å². The van der Waals surface area contributed by atoms with Crippen molar-refractivity contribution in [2.75, 3.05) is 44.2 Å². The highest BCUT2D eigenvalue weighted by Crippen LogP contribution is 2.27. The number of piperazine rings is 1. The third-order valence-corrected chi connectivity index (χ3v) is 6.08. The molecule has 0 spiro atoms. The number of likely N-dealkylation sites (tertiary alicyclic amines) is 1. The van der Waals surface area contributed by atoms with E-state index in [1.54, 1.807) is 16.7 Å². The molecule has 0 atom stereocenters. The average Bonchev–Trinajstić information content (AvgIpc) is 3.38. The maximum atomic E-state index is 12.3. The minimum atomic E-state index is -0.515. The number of anilines is 1. The van der Waals surface area contributed by atoms with Gasteiger partial charge in [0.25, 0.3) is 0 Å². The lowest BCUT2D eigenvalue weighted by atomic mass is 10.1. The molecule has 2 aromatic heterocycles. The van der Waals surface area contributed by atoms with Crippen LogP contribution in [0.3, 0.4) is 0 Å². The zero-order valence-electron chi connectivity index (χ0n) is 19.9. The van der Waals surface area contributed by atoms with Gasteiger partial charge in [0.05, 0.1) is 11.6 Å². The molecule has 0 saturated carbocycles. The van der Waals surface area contributed by atoms with E-state index in [9.17, 15) is 9.59 Å². The van der Waals surface area contributed by atoms with E-state index in [1.807, 2.05) is 54.7 Å². The molecule has 34 heavy (non-hydrogen) atoms. The highest BCUT2D eigenvalue weighted by atomic mass is 16.6. The molecule has 3 aromatic rings. The van der Waals surface area contributed by atoms with Gasteiger partial charge in [-0.2, -0.15) is 10.1 Å². The summed E-state index contributed by atoms with van der Waals surface area (Å²) >= 11 is 0. The SMILES string of the molecule is CC(=O)N1CC(n2cc3ccc(-c4noc(N5CCN(C(=O)OC(C)(C)C)CC5)n4)cc3n2)C1. The van der Waals surface area contributed by atoms with E-state index in [0.717, 1.165) is 16.5 Å². The minimum absolute atomic E-state index is 0.0920. The van der Waals surface area contributed by atoms with E-state index in [-0.39, 0.29) is 18.0 Å². The third-order valence-electron chi connectivity index (χ3n) is 6.08. The molecule has 11 heteroatoms. The number of carbonyl (C=O) groups is 2. The van der Waals surface area contributed by atoms with Crippen molar-refractivity contribution in [2.45, 2.75) is 39.3 Å². The van der Waals surface area contributed by atoms with Crippen molar-refractivity contribution in [2.24, 2.45) is 0 Å². The molecule has 1 aromatic carbocycles. The summed E-state index contributed by atoms with van der Waals surface area (Å²) in [7, 11) is 0. The molecule has 180 valence electrons. The third kappa shape index (κ3) is 4.42. The van der Waals surface area contributed by atoms with Crippen LogP contribution in [0.15, 0.2) is 28.9 Å². The number of hydrogen-bond acceptors (Lipinski definition) is 8. The second-order valence-corrected chi connectivity index (χ2v) is 9.82. The maximum absolute atomic E-state index is 12.3. The lowest BCUT2D eigenvalue weighted by Crippen LogP contribution is -2.50. The van der Waals surface area contributed by atoms with Crippen LogP contribution in [0.25, 0.3) is 22.3 Å². The Hall–Kier alpha value is -3.63. The van der Waals surface area contributed by atoms with Gasteiger partial charge in [0, 0.05) is 63.3 Å². The van der Waals surface area contributed by atoms with Gasteiger partial charge in [0.15, 0.2) is 0 Å². The van der Waals surface area contributed by atoms with Crippen molar-refractivity contribution >= 4 is 28.9 Å². The first-order valence-corrected chi connectivity index (χ1v) is 11.5. The molecule has 0 bridgehead atoms. The van der Waals surface area contributed by atoms with Crippen LogP contribution in [-0.2, 0) is 9.53 Å². The molecule has 2 aliphatic rings. The molecule has 0 N–H and O–H groups in total. The molecule has 2 fully saturated rings. The first-order valence-electron chi connectivity index (χ1n) is 11.5. The van der Waals surface area contributed by atoms with Crippen LogP contribution >= 0.6 is 0 Å². The van der Waals surface area contributed by atoms with Crippen LogP contribution in [0.2, 0.25) is 0 Å². The Kier molecular flexibility index (Phi) is 5.41. The number of amides is 2. The Bertz CT molecular complexity index is 1210. The van der Waals surface area contributed by atoms with Crippen molar-refractivity contribution in [3.05, 3.63) is 24.4 Å². The number of nitrogens with zero attached hydrogens (tertiary/aromatic N) is 7. The second-order valence-electron chi connectivity index (χ2n) is 9.82. The Labute approximate surface area is 197 Å². The summed E-state index contributed by atoms with van der Waals surface area (Å²) in [5.74, 6) is 0.585. The Morgan fingerprint density at radius 2 is 1.82 bits per heavy atom. The fourth-order valence-electron chi connectivity index (χ4n) is 4.11. The number of aromatic nitrogens is 4. The topological polar surface area (TPSA) is 110 Å². The lowest BCUT2D eigenvalue weighted by Gasteiger charge is -2.38. The van der Waals surface area contributed by atoms with Crippen LogP contribution in [0.5, 0.6) is 0 Å². The molecule has 2 aliphatic heterocycles. The van der Waals surface area contributed by atoms with E-state index in [0.29, 0.717) is 51.1 Å². The summed E-state index contributed by atoms with van der Waals surface area (Å²) in [6.07, 6.45) is 1.70. The summed E-state index contributed by atoms with van der Waals surface area (Å²) in [6.45, 7) is 10.8. The maximum Gasteiger partial charge on any atom is 0.410 e. The van der Waals surface area contributed by atoms with Gasteiger partial charge in [-0.05, 0) is 26.8 Å². The average molecular weight is 468 g/mol. The molecule has 5 rings (SSSR count). The zero-order chi connectivity index (χ0) is 24.0. The van der Waals surface area contributed by atoms with Gasteiger partial charge in [-0.25, -0.2) is 4.79 Å². The predicted octanol–water partition coefficient (Wildman–Crippen LogP) is 2.55. The molecule has 0 unspecified atom stereocenters. The van der Waals surface area contributed by atoms with Crippen LogP contribution in [0.4, 0.5) is 10.8 Å². The Morgan fingerprint density at radius 3 is 2.50 bits per heavy atom. The number of ether oxygens (including phenoxy) is 1. The van der Waals surface area contributed by atoms with E-state index < -0.39 is 5.60 Å². The highest BCUT2D eigenvalue weighted by Gasteiger charge is 2.31. The van der Waals surface area contributed by atoms with Crippen molar-refractivity contribution in [1.82, 2.24) is 29.7 Å². The van der Waals surface area contributed by atoms with Crippen LogP contribution in [0.1, 0.15) is 33.7 Å². The van der Waals surface area contributed by atoms with Crippen molar-refractivity contribution in [3.8, 4) is 11.4 Å². The number of carbonyl (C=O) groups excluding carboxylic acids is 2. The monoisotopic (exact) mass is 467 g/mol. The van der Waals surface area contributed by atoms with Crippen LogP contribution in [-0.4, -0.2) is 86.6 Å². The first-order chi connectivity index (χ1) is 16.2. The highest BCUT2D eigenvalue weighted by molar-refractivity contribution is 5.83. The molecule has 11 nitrogen and oxygen atoms in total. The molecule has 0 aliphatic carbocycles. The van der Waals surface area contributed by atoms with Gasteiger partial charge in [-0.15, -0.1) is 0 Å². The predicted molar refractivity (Wildman–Crippen MR) is 124 cm³/mol. The molecule has 2 saturated heterocycles. The normalized spacial score (nSPS) is 17.2. The summed E-state index contributed by atoms with van der Waals surface area (Å²) in [6, 6.07) is 6.53. The Balaban J connectivity index is 1.24. The summed E-state index contributed by atoms with van der Waals surface area (Å²) in [4.78, 5) is 33.8. The van der Waals surface area contributed by atoms with Crippen molar-refractivity contribution < 1.29 is 18.8 Å². The fraction of sp³-hybridized carbons (Fsp3) is 0.522. The van der Waals surface area contributed by atoms with Crippen molar-refractivity contribution in [1.29, 1.82) is 0 Å². The fourth-order valence-corrected chi connectivity index (χ4v) is 4.11. The second kappa shape index (κ2) is 8.30. The molecule has 4 heterocycles. The van der Waals surface area contributed by atoms with Gasteiger partial charge in [0.1, 0.15) is 5.60 Å². The summed E-state index contributed by atoms with van der Waals surface area (Å²) < 4.78 is 12.9. The van der Waals surface area contributed by atoms with E-state index in [1.165, 1.54) is 0 Å². The first kappa shape index (κ1) is 22.2. The largest absolute Gasteiger partial charge is 0.444 e. The van der Waals surface area contributed by atoms with E-state index in [2.05, 4.69) is 10.1 Å². The molecular formula is C23H29N7O4. The minimum Gasteiger partial charge on any atom is -0.444 e. The zero-order valence-corrected chi connectivity index (χ0v) is 19.9. The van der Waals surface area contributed by atoms with Gasteiger partial charge < -0.3 is 24.0 Å².